The second-order valence-corrected chi connectivity index (χ2v) is 16.6. The molecule has 0 spiro atoms. The maximum Gasteiger partial charge on any atom is 0.274 e. The van der Waals surface area contributed by atoms with Crippen LogP contribution in [0, 0.1) is 13.8 Å². The van der Waals surface area contributed by atoms with Crippen molar-refractivity contribution < 1.29 is 9.09 Å². The highest BCUT2D eigenvalue weighted by molar-refractivity contribution is 7.66. The normalized spacial score (nSPS) is 15.3. The lowest BCUT2D eigenvalue weighted by molar-refractivity contribution is 0.475. The fourth-order valence-electron chi connectivity index (χ4n) is 4.43. The number of benzene rings is 2. The number of hydrogen-bond acceptors (Lipinski definition) is 2. The fourth-order valence-corrected chi connectivity index (χ4v) is 6.65. The van der Waals surface area contributed by atoms with Crippen molar-refractivity contribution in [1.82, 2.24) is 0 Å². The Hall–Kier alpha value is -1.53. The molecular formula is C31H49O2P. The van der Waals surface area contributed by atoms with Crippen molar-refractivity contribution in [1.29, 1.82) is 0 Å². The van der Waals surface area contributed by atoms with Crippen LogP contribution in [0.4, 0.5) is 0 Å². The molecule has 0 N–H and O–H groups in total. The monoisotopic (exact) mass is 484 g/mol. The van der Waals surface area contributed by atoms with E-state index in [9.17, 15) is 4.57 Å². The number of hydrogen-bond donors (Lipinski definition) is 0. The predicted molar refractivity (Wildman–Crippen MR) is 151 cm³/mol. The van der Waals surface area contributed by atoms with Crippen LogP contribution in [0.3, 0.4) is 0 Å². The molecule has 190 valence electrons. The van der Waals surface area contributed by atoms with E-state index in [2.05, 4.69) is 121 Å². The molecule has 1 atom stereocenters. The van der Waals surface area contributed by atoms with Crippen molar-refractivity contribution in [2.45, 2.75) is 119 Å². The molecule has 2 nitrogen and oxygen atoms in total. The Labute approximate surface area is 210 Å². The van der Waals surface area contributed by atoms with Crippen molar-refractivity contribution in [3.8, 4) is 5.75 Å². The van der Waals surface area contributed by atoms with Crippen LogP contribution in [0.5, 0.6) is 5.75 Å². The largest absolute Gasteiger partial charge is 0.439 e. The lowest BCUT2D eigenvalue weighted by Gasteiger charge is -2.33. The first-order valence-corrected chi connectivity index (χ1v) is 14.6. The number of rotatable bonds is 3. The summed E-state index contributed by atoms with van der Waals surface area (Å²) in [4.78, 5) is 0. The van der Waals surface area contributed by atoms with Gasteiger partial charge in [-0.25, -0.2) is 0 Å². The van der Waals surface area contributed by atoms with E-state index < -0.39 is 7.37 Å². The summed E-state index contributed by atoms with van der Waals surface area (Å²) in [5.74, 6) is 0.769. The van der Waals surface area contributed by atoms with Crippen LogP contribution < -0.4 is 9.83 Å². The van der Waals surface area contributed by atoms with Gasteiger partial charge in [0.2, 0.25) is 0 Å². The van der Waals surface area contributed by atoms with Crippen molar-refractivity contribution >= 4 is 12.7 Å². The average Bonchev–Trinajstić information content (AvgIpc) is 2.58. The summed E-state index contributed by atoms with van der Waals surface area (Å²) in [7, 11) is -3.19. The van der Waals surface area contributed by atoms with Gasteiger partial charge in [-0.15, -0.1) is 0 Å². The van der Waals surface area contributed by atoms with Gasteiger partial charge in [0.1, 0.15) is 5.75 Å². The Balaban J connectivity index is 2.81. The van der Waals surface area contributed by atoms with Crippen LogP contribution in [0.15, 0.2) is 24.3 Å². The molecule has 0 fully saturated rings. The molecule has 0 amide bonds. The molecule has 2 rings (SSSR count). The fraction of sp³-hybridized carbons (Fsp3) is 0.613. The summed E-state index contributed by atoms with van der Waals surface area (Å²) in [6, 6.07) is 8.90. The minimum absolute atomic E-state index is 0.0145. The second-order valence-electron chi connectivity index (χ2n) is 14.3. The molecule has 2 aromatic rings. The van der Waals surface area contributed by atoms with Crippen molar-refractivity contribution in [2.24, 2.45) is 0 Å². The molecule has 0 aromatic heterocycles. The molecule has 1 unspecified atom stereocenters. The van der Waals surface area contributed by atoms with Gasteiger partial charge in [0.05, 0.1) is 5.30 Å². The first-order chi connectivity index (χ1) is 15.0. The van der Waals surface area contributed by atoms with Gasteiger partial charge < -0.3 is 4.52 Å². The second kappa shape index (κ2) is 8.85. The SMILES string of the molecule is Cc1cc(C(C)(C)C)cc(C(C)(C)C)c1OP(C)(=O)c1c(C)cc(C(C)(C)C)cc1C(C)(C)C. The highest BCUT2D eigenvalue weighted by Crippen LogP contribution is 2.50. The van der Waals surface area contributed by atoms with Crippen LogP contribution in [-0.2, 0) is 26.2 Å². The van der Waals surface area contributed by atoms with Gasteiger partial charge in [-0.3, -0.25) is 4.57 Å². The van der Waals surface area contributed by atoms with E-state index >= 15 is 0 Å². The van der Waals surface area contributed by atoms with Gasteiger partial charge in [-0.05, 0) is 63.3 Å². The summed E-state index contributed by atoms with van der Waals surface area (Å²) in [5, 5.41) is 0.868. The van der Waals surface area contributed by atoms with Gasteiger partial charge >= 0.3 is 0 Å². The van der Waals surface area contributed by atoms with Crippen molar-refractivity contribution in [3.63, 3.8) is 0 Å². The topological polar surface area (TPSA) is 26.3 Å². The Bertz CT molecular complexity index is 1110. The predicted octanol–water partition coefficient (Wildman–Crippen LogP) is 9.11. The summed E-state index contributed by atoms with van der Waals surface area (Å²) >= 11 is 0. The Morgan fingerprint density at radius 1 is 0.588 bits per heavy atom. The van der Waals surface area contributed by atoms with Gasteiger partial charge in [-0.2, -0.15) is 0 Å². The summed E-state index contributed by atoms with van der Waals surface area (Å²) in [5.41, 5.74) is 6.59. The van der Waals surface area contributed by atoms with E-state index in [1.807, 2.05) is 0 Å². The minimum Gasteiger partial charge on any atom is -0.439 e. The van der Waals surface area contributed by atoms with Crippen LogP contribution in [0.25, 0.3) is 0 Å². The molecule has 0 aliphatic carbocycles. The summed E-state index contributed by atoms with van der Waals surface area (Å²) in [6.45, 7) is 32.5. The minimum atomic E-state index is -3.19. The molecule has 34 heavy (non-hydrogen) atoms. The first-order valence-electron chi connectivity index (χ1n) is 12.5. The maximum atomic E-state index is 14.5. The third-order valence-corrected chi connectivity index (χ3v) is 8.53. The van der Waals surface area contributed by atoms with Crippen molar-refractivity contribution in [2.75, 3.05) is 6.66 Å². The molecule has 2 aromatic carbocycles. The average molecular weight is 485 g/mol. The Morgan fingerprint density at radius 2 is 0.971 bits per heavy atom. The molecule has 0 aliphatic rings. The van der Waals surface area contributed by atoms with E-state index in [1.165, 1.54) is 11.1 Å². The van der Waals surface area contributed by atoms with E-state index in [0.29, 0.717) is 0 Å². The standard InChI is InChI=1S/C31H49O2P/c1-20-16-22(28(3,4)5)18-24(30(9,10)11)26(20)33-34(15,32)27-21(2)17-23(29(6,7)8)19-25(27)31(12,13)14/h16-19H,1-15H3. The van der Waals surface area contributed by atoms with Gasteiger partial charge in [0, 0.05) is 12.2 Å². The lowest BCUT2D eigenvalue weighted by Crippen LogP contribution is -2.29. The molecule has 0 radical (unpaired) electrons. The molecule has 0 saturated heterocycles. The highest BCUT2D eigenvalue weighted by atomic mass is 31.2. The maximum absolute atomic E-state index is 14.5. The molecule has 0 heterocycles. The zero-order valence-corrected chi connectivity index (χ0v) is 25.5. The van der Waals surface area contributed by atoms with E-state index in [0.717, 1.165) is 33.3 Å². The van der Waals surface area contributed by atoms with E-state index in [4.69, 9.17) is 4.52 Å². The Kier molecular flexibility index (Phi) is 7.47. The lowest BCUT2D eigenvalue weighted by atomic mass is 9.79. The highest BCUT2D eigenvalue weighted by Gasteiger charge is 2.35. The Morgan fingerprint density at radius 3 is 1.35 bits per heavy atom. The smallest absolute Gasteiger partial charge is 0.274 e. The first kappa shape index (κ1) is 28.7. The van der Waals surface area contributed by atoms with Crippen LogP contribution in [0.1, 0.15) is 116 Å². The van der Waals surface area contributed by atoms with Crippen molar-refractivity contribution in [3.05, 3.63) is 57.6 Å². The van der Waals surface area contributed by atoms with E-state index in [-0.39, 0.29) is 21.7 Å². The molecule has 0 aliphatic heterocycles. The third-order valence-electron chi connectivity index (χ3n) is 6.59. The van der Waals surface area contributed by atoms with Crippen LogP contribution in [-0.4, -0.2) is 6.66 Å². The molecule has 0 bridgehead atoms. The van der Waals surface area contributed by atoms with Gasteiger partial charge in [-0.1, -0.05) is 107 Å². The summed E-state index contributed by atoms with van der Waals surface area (Å²) in [6.07, 6.45) is 0. The zero-order valence-electron chi connectivity index (χ0n) is 24.6. The van der Waals surface area contributed by atoms with Crippen LogP contribution >= 0.6 is 7.37 Å². The van der Waals surface area contributed by atoms with E-state index in [1.54, 1.807) is 6.66 Å². The third kappa shape index (κ3) is 6.17. The quantitative estimate of drug-likeness (QED) is 0.406. The summed E-state index contributed by atoms with van der Waals surface area (Å²) < 4.78 is 21.2. The molecule has 3 heteroatoms. The molecular weight excluding hydrogens is 435 g/mol. The van der Waals surface area contributed by atoms with Crippen LogP contribution in [0.2, 0.25) is 0 Å². The van der Waals surface area contributed by atoms with Gasteiger partial charge in [0.25, 0.3) is 7.37 Å². The molecule has 0 saturated carbocycles. The number of aryl methyl sites for hydroxylation is 2. The van der Waals surface area contributed by atoms with Gasteiger partial charge in [0.15, 0.2) is 0 Å². The zero-order chi connectivity index (χ0) is 26.7.